The van der Waals surface area contributed by atoms with E-state index in [4.69, 9.17) is 0 Å². The van der Waals surface area contributed by atoms with Crippen molar-refractivity contribution in [1.82, 2.24) is 25.2 Å². The molecule has 4 rings (SSSR count). The minimum atomic E-state index is -0.237. The molecule has 2 N–H and O–H groups in total. The SMILES string of the molecule is Cc1cc(C)nc(NNC(=O)c2cnn(-c3ccccc3C)c2C2CC2)n1. The zero-order valence-electron chi connectivity index (χ0n) is 15.7. The number of amides is 1. The van der Waals surface area contributed by atoms with Crippen molar-refractivity contribution in [3.63, 3.8) is 0 Å². The number of hydrogen-bond donors (Lipinski definition) is 2. The molecule has 27 heavy (non-hydrogen) atoms. The quantitative estimate of drug-likeness (QED) is 0.681. The van der Waals surface area contributed by atoms with E-state index in [9.17, 15) is 4.79 Å². The summed E-state index contributed by atoms with van der Waals surface area (Å²) in [6.45, 7) is 5.82. The molecule has 1 fully saturated rings. The first-order valence-corrected chi connectivity index (χ1v) is 9.05. The summed E-state index contributed by atoms with van der Waals surface area (Å²) < 4.78 is 1.90. The predicted molar refractivity (Wildman–Crippen MR) is 103 cm³/mol. The number of hydrazine groups is 1. The van der Waals surface area contributed by atoms with Crippen LogP contribution in [0.5, 0.6) is 0 Å². The third kappa shape index (κ3) is 3.53. The summed E-state index contributed by atoms with van der Waals surface area (Å²) in [5, 5.41) is 4.51. The smallest absolute Gasteiger partial charge is 0.267 e. The number of carbonyl (C=O) groups excluding carboxylic acids is 1. The minimum Gasteiger partial charge on any atom is -0.267 e. The number of carbonyl (C=O) groups is 1. The molecule has 0 atom stereocenters. The first-order valence-electron chi connectivity index (χ1n) is 9.05. The minimum absolute atomic E-state index is 0.237. The Morgan fingerprint density at radius 1 is 1.11 bits per heavy atom. The first kappa shape index (κ1) is 17.2. The van der Waals surface area contributed by atoms with Crippen LogP contribution in [0.25, 0.3) is 5.69 Å². The summed E-state index contributed by atoms with van der Waals surface area (Å²) in [7, 11) is 0. The summed E-state index contributed by atoms with van der Waals surface area (Å²) in [4.78, 5) is 21.3. The van der Waals surface area contributed by atoms with Gasteiger partial charge >= 0.3 is 0 Å². The Kier molecular flexibility index (Phi) is 4.35. The van der Waals surface area contributed by atoms with Crippen LogP contribution in [0.4, 0.5) is 5.95 Å². The number of rotatable bonds is 5. The van der Waals surface area contributed by atoms with Crippen molar-refractivity contribution in [1.29, 1.82) is 0 Å². The Balaban J connectivity index is 1.60. The zero-order chi connectivity index (χ0) is 19.0. The maximum absolute atomic E-state index is 12.8. The van der Waals surface area contributed by atoms with E-state index in [1.165, 1.54) is 0 Å². The second-order valence-electron chi connectivity index (χ2n) is 6.97. The largest absolute Gasteiger partial charge is 0.273 e. The van der Waals surface area contributed by atoms with Crippen LogP contribution in [-0.2, 0) is 0 Å². The highest BCUT2D eigenvalue weighted by Crippen LogP contribution is 2.42. The Hall–Kier alpha value is -3.22. The van der Waals surface area contributed by atoms with Gasteiger partial charge in [0.15, 0.2) is 0 Å². The summed E-state index contributed by atoms with van der Waals surface area (Å²) in [6, 6.07) is 9.94. The second-order valence-corrected chi connectivity index (χ2v) is 6.97. The van der Waals surface area contributed by atoms with Gasteiger partial charge in [0.1, 0.15) is 0 Å². The highest BCUT2D eigenvalue weighted by atomic mass is 16.2. The molecule has 0 spiro atoms. The van der Waals surface area contributed by atoms with Gasteiger partial charge in [0.25, 0.3) is 5.91 Å². The van der Waals surface area contributed by atoms with Crippen LogP contribution in [-0.4, -0.2) is 25.7 Å². The van der Waals surface area contributed by atoms with Crippen molar-refractivity contribution in [2.24, 2.45) is 0 Å². The third-order valence-corrected chi connectivity index (χ3v) is 4.63. The van der Waals surface area contributed by atoms with Gasteiger partial charge in [0.05, 0.1) is 23.1 Å². The average molecular weight is 362 g/mol. The van der Waals surface area contributed by atoms with E-state index in [0.717, 1.165) is 41.2 Å². The molecule has 7 heteroatoms. The average Bonchev–Trinajstić information content (AvgIpc) is 3.38. The van der Waals surface area contributed by atoms with Gasteiger partial charge in [0, 0.05) is 17.3 Å². The fraction of sp³-hybridized carbons (Fsp3) is 0.300. The highest BCUT2D eigenvalue weighted by Gasteiger charge is 2.33. The lowest BCUT2D eigenvalue weighted by Gasteiger charge is -2.12. The van der Waals surface area contributed by atoms with Crippen LogP contribution in [0, 0.1) is 20.8 Å². The summed E-state index contributed by atoms with van der Waals surface area (Å²) in [6.07, 6.45) is 3.79. The number of nitrogens with zero attached hydrogens (tertiary/aromatic N) is 4. The number of aryl methyl sites for hydroxylation is 3. The normalized spacial score (nSPS) is 13.4. The Morgan fingerprint density at radius 3 is 2.48 bits per heavy atom. The van der Waals surface area contributed by atoms with Gasteiger partial charge in [-0.1, -0.05) is 18.2 Å². The fourth-order valence-electron chi connectivity index (χ4n) is 3.24. The molecule has 3 aromatic rings. The Labute approximate surface area is 157 Å². The molecule has 0 bridgehead atoms. The topological polar surface area (TPSA) is 84.7 Å². The lowest BCUT2D eigenvalue weighted by atomic mass is 10.1. The predicted octanol–water partition coefficient (Wildman–Crippen LogP) is 3.22. The standard InChI is InChI=1S/C20H22N6O/c1-12-6-4-5-7-17(12)26-18(15-8-9-15)16(11-21-26)19(27)24-25-20-22-13(2)10-14(3)23-20/h4-7,10-11,15H,8-9H2,1-3H3,(H,24,27)(H,22,23,25). The maximum atomic E-state index is 12.8. The molecule has 1 amide bonds. The fourth-order valence-corrected chi connectivity index (χ4v) is 3.24. The molecule has 2 aromatic heterocycles. The van der Waals surface area contributed by atoms with Gasteiger partial charge in [-0.15, -0.1) is 0 Å². The van der Waals surface area contributed by atoms with E-state index in [1.807, 2.05) is 55.8 Å². The Bertz CT molecular complexity index is 985. The number of benzene rings is 1. The zero-order valence-corrected chi connectivity index (χ0v) is 15.7. The van der Waals surface area contributed by atoms with Gasteiger partial charge in [-0.05, 0) is 51.3 Å². The van der Waals surface area contributed by atoms with Crippen molar-refractivity contribution in [2.45, 2.75) is 39.5 Å². The molecule has 0 aliphatic heterocycles. The van der Waals surface area contributed by atoms with Crippen molar-refractivity contribution >= 4 is 11.9 Å². The molecule has 1 aromatic carbocycles. The van der Waals surface area contributed by atoms with E-state index in [1.54, 1.807) is 6.20 Å². The van der Waals surface area contributed by atoms with E-state index in [-0.39, 0.29) is 5.91 Å². The molecule has 1 aliphatic rings. The monoisotopic (exact) mass is 362 g/mol. The molecule has 138 valence electrons. The molecule has 1 aliphatic carbocycles. The van der Waals surface area contributed by atoms with Gasteiger partial charge in [-0.25, -0.2) is 14.6 Å². The van der Waals surface area contributed by atoms with Crippen molar-refractivity contribution < 1.29 is 4.79 Å². The molecule has 2 heterocycles. The van der Waals surface area contributed by atoms with Crippen LogP contribution < -0.4 is 10.9 Å². The van der Waals surface area contributed by atoms with E-state index in [2.05, 4.69) is 25.9 Å². The number of anilines is 1. The molecule has 1 saturated carbocycles. The molecule has 0 radical (unpaired) electrons. The van der Waals surface area contributed by atoms with Gasteiger partial charge < -0.3 is 0 Å². The van der Waals surface area contributed by atoms with Crippen molar-refractivity contribution in [2.75, 3.05) is 5.43 Å². The Morgan fingerprint density at radius 2 is 1.81 bits per heavy atom. The van der Waals surface area contributed by atoms with Gasteiger partial charge in [-0.3, -0.25) is 15.6 Å². The highest BCUT2D eigenvalue weighted by molar-refractivity contribution is 5.96. The number of hydrogen-bond acceptors (Lipinski definition) is 5. The maximum Gasteiger partial charge on any atom is 0.273 e. The molecular formula is C20H22N6O. The molecule has 7 nitrogen and oxygen atoms in total. The second kappa shape index (κ2) is 6.83. The van der Waals surface area contributed by atoms with E-state index >= 15 is 0 Å². The van der Waals surface area contributed by atoms with Gasteiger partial charge in [-0.2, -0.15) is 5.10 Å². The molecule has 0 unspecified atom stereocenters. The number of aromatic nitrogens is 4. The van der Waals surface area contributed by atoms with E-state index < -0.39 is 0 Å². The number of nitrogens with one attached hydrogen (secondary N) is 2. The van der Waals surface area contributed by atoms with Crippen LogP contribution in [0.1, 0.15) is 51.8 Å². The summed E-state index contributed by atoms with van der Waals surface area (Å²) >= 11 is 0. The third-order valence-electron chi connectivity index (χ3n) is 4.63. The van der Waals surface area contributed by atoms with Crippen LogP contribution in [0.2, 0.25) is 0 Å². The van der Waals surface area contributed by atoms with Crippen molar-refractivity contribution in [3.05, 3.63) is 64.7 Å². The first-order chi connectivity index (χ1) is 13.0. The lowest BCUT2D eigenvalue weighted by molar-refractivity contribution is 0.0961. The molecular weight excluding hydrogens is 340 g/mol. The summed E-state index contributed by atoms with van der Waals surface area (Å²) in [5.41, 5.74) is 10.9. The lowest BCUT2D eigenvalue weighted by Crippen LogP contribution is -2.31. The van der Waals surface area contributed by atoms with E-state index in [0.29, 0.717) is 17.4 Å². The van der Waals surface area contributed by atoms with Gasteiger partial charge in [0.2, 0.25) is 5.95 Å². The van der Waals surface area contributed by atoms with Crippen LogP contribution in [0.3, 0.4) is 0 Å². The van der Waals surface area contributed by atoms with Crippen LogP contribution >= 0.6 is 0 Å². The number of para-hydroxylation sites is 1. The van der Waals surface area contributed by atoms with Crippen LogP contribution in [0.15, 0.2) is 36.5 Å². The summed E-state index contributed by atoms with van der Waals surface area (Å²) in [5.74, 6) is 0.505. The molecule has 0 saturated heterocycles. The van der Waals surface area contributed by atoms with Crippen molar-refractivity contribution in [3.8, 4) is 5.69 Å².